The number of rotatable bonds is 8. The maximum Gasteiger partial charge on any atom is 1.00 e. The van der Waals surface area contributed by atoms with Gasteiger partial charge in [-0.2, -0.15) is 0 Å². The van der Waals surface area contributed by atoms with E-state index in [1.54, 1.807) is 0 Å². The van der Waals surface area contributed by atoms with Crippen molar-refractivity contribution in [3.8, 4) is 0 Å². The summed E-state index contributed by atoms with van der Waals surface area (Å²) in [4.78, 5) is 65.8. The average Bonchev–Trinajstić information content (AvgIpc) is 2.82. The summed E-state index contributed by atoms with van der Waals surface area (Å²) in [7, 11) is -17.6. The molecule has 6 atom stereocenters. The summed E-state index contributed by atoms with van der Waals surface area (Å²) in [5.74, 6) is 0. The Balaban J connectivity index is 0. The van der Waals surface area contributed by atoms with Gasteiger partial charge < -0.3 is 33.9 Å². The first-order valence-corrected chi connectivity index (χ1v) is 11.5. The predicted octanol–water partition coefficient (Wildman–Crippen LogP) is -12.4. The van der Waals surface area contributed by atoms with Gasteiger partial charge in [0.15, 0.2) is 0 Å². The van der Waals surface area contributed by atoms with E-state index in [4.69, 9.17) is 9.63 Å². The normalized spacial score (nSPS) is 26.2. The van der Waals surface area contributed by atoms with Gasteiger partial charge in [-0.15, -0.1) is 0 Å². The van der Waals surface area contributed by atoms with Crippen LogP contribution >= 0.6 is 23.5 Å². The number of nitrogens with zero attached hydrogens (tertiary/aromatic N) is 1. The van der Waals surface area contributed by atoms with Crippen molar-refractivity contribution in [2.75, 3.05) is 6.61 Å². The molecule has 16 nitrogen and oxygen atoms in total. The minimum atomic E-state index is -6.04. The zero-order valence-corrected chi connectivity index (χ0v) is 25.1. The Hall–Kier alpha value is 2.01. The van der Waals surface area contributed by atoms with Crippen molar-refractivity contribution in [3.63, 3.8) is 0 Å². The van der Waals surface area contributed by atoms with Crippen molar-refractivity contribution in [1.82, 2.24) is 9.55 Å². The fourth-order valence-corrected chi connectivity index (χ4v) is 5.04. The van der Waals surface area contributed by atoms with Crippen molar-refractivity contribution >= 4 is 23.5 Å². The molecule has 1 fully saturated rings. The molecule has 0 spiro atoms. The Morgan fingerprint density at radius 1 is 1.13 bits per heavy atom. The largest absolute Gasteiger partial charge is 1.00 e. The molecule has 3 N–H and O–H groups in total. The van der Waals surface area contributed by atoms with Crippen LogP contribution in [-0.4, -0.2) is 38.4 Å². The van der Waals surface area contributed by atoms with Gasteiger partial charge in [0.25, 0.3) is 29.0 Å². The van der Waals surface area contributed by atoms with Crippen LogP contribution in [0.5, 0.6) is 0 Å². The van der Waals surface area contributed by atoms with Crippen molar-refractivity contribution in [3.05, 3.63) is 33.1 Å². The molecule has 0 radical (unpaired) electrons. The van der Waals surface area contributed by atoms with Crippen molar-refractivity contribution in [2.45, 2.75) is 24.9 Å². The molecule has 0 saturated carbocycles. The van der Waals surface area contributed by atoms with Gasteiger partial charge in [0.2, 0.25) is 0 Å². The number of phosphoric acid groups is 3. The summed E-state index contributed by atoms with van der Waals surface area (Å²) in [6, 6.07) is 1.00. The molecule has 1 aliphatic heterocycles. The van der Waals surface area contributed by atoms with E-state index in [1.807, 2.05) is 4.98 Å². The number of phosphoric ester groups is 1. The van der Waals surface area contributed by atoms with Crippen LogP contribution < -0.4 is 115 Å². The number of hydrogen-bond acceptors (Lipinski definition) is 13. The number of nitrogens with one attached hydrogen (secondary N) is 1. The first-order valence-electron chi connectivity index (χ1n) is 7.05. The quantitative estimate of drug-likeness (QED) is 0.207. The maximum atomic E-state index is 11.7. The van der Waals surface area contributed by atoms with Gasteiger partial charge in [0.1, 0.15) is 12.3 Å². The van der Waals surface area contributed by atoms with E-state index in [9.17, 15) is 43.1 Å². The topological polar surface area (TPSA) is 253 Å². The molecule has 1 saturated heterocycles. The molecule has 2 rings (SSSR count). The molecule has 1 aromatic rings. The average molecular weight is 534 g/mol. The summed E-state index contributed by atoms with van der Waals surface area (Å²) in [6.45, 7) is -0.981. The molecule has 160 valence electrons. The predicted molar refractivity (Wildman–Crippen MR) is 79.0 cm³/mol. The van der Waals surface area contributed by atoms with Gasteiger partial charge in [-0.1, -0.05) is 0 Å². The van der Waals surface area contributed by atoms with E-state index in [0.717, 1.165) is 16.8 Å². The third-order valence-corrected chi connectivity index (χ3v) is 6.86. The molecular formula is C9H12N2Na3O14P3. The zero-order valence-electron chi connectivity index (χ0n) is 16.4. The van der Waals surface area contributed by atoms with E-state index < -0.39 is 59.8 Å². The standard InChI is InChI=1S/C9H15N2O14P3.3Na/c12-5-3-8(11-2-1-7(13)10-9(11)14)23-6(5)4-22-27(18,19)25-28(20,21)24-26(15,16)17;;;/h1-2,5-6,8,12H,3-4H2,(H,18,19)(H,20,21)(H,10,13,14)(H2,15,16,17);;;/q;3*+1/p-3/t5?,6-,8-;;;/m1.../s1. The SMILES string of the molecule is O=c1ccn([C@H]2CC(O)[C@@H](COP(=O)([O-])OP(=O)([O-])OP(=O)([O-])O)O2)c(=O)[nH]1.[Na+].[Na+].[Na+]. The summed E-state index contributed by atoms with van der Waals surface area (Å²) in [6.07, 6.45) is -2.97. The fourth-order valence-electron chi connectivity index (χ4n) is 2.14. The van der Waals surface area contributed by atoms with E-state index in [2.05, 4.69) is 13.1 Å². The monoisotopic (exact) mass is 534 g/mol. The summed E-state index contributed by atoms with van der Waals surface area (Å²) < 4.78 is 49.7. The molecule has 0 bridgehead atoms. The van der Waals surface area contributed by atoms with Crippen molar-refractivity contribution in [1.29, 1.82) is 0 Å². The third kappa shape index (κ3) is 12.0. The minimum absolute atomic E-state index is 0. The van der Waals surface area contributed by atoms with Crippen molar-refractivity contribution in [2.24, 2.45) is 0 Å². The van der Waals surface area contributed by atoms with Crippen LogP contribution in [-0.2, 0) is 31.6 Å². The number of ether oxygens (including phenoxy) is 1. The number of aliphatic hydroxyl groups is 1. The number of aliphatic hydroxyl groups excluding tert-OH is 1. The fraction of sp³-hybridized carbons (Fsp3) is 0.556. The van der Waals surface area contributed by atoms with Gasteiger partial charge >= 0.3 is 94.4 Å². The van der Waals surface area contributed by atoms with Crippen LogP contribution in [0.3, 0.4) is 0 Å². The third-order valence-electron chi connectivity index (χ3n) is 3.17. The minimum Gasteiger partial charge on any atom is -0.756 e. The van der Waals surface area contributed by atoms with Crippen LogP contribution in [0.15, 0.2) is 21.9 Å². The molecule has 1 aliphatic rings. The Morgan fingerprint density at radius 3 is 2.23 bits per heavy atom. The van der Waals surface area contributed by atoms with Gasteiger partial charge in [-0.05, 0) is 0 Å². The van der Waals surface area contributed by atoms with E-state index >= 15 is 0 Å². The Morgan fingerprint density at radius 2 is 1.71 bits per heavy atom. The van der Waals surface area contributed by atoms with E-state index in [1.165, 1.54) is 0 Å². The molecule has 4 unspecified atom stereocenters. The number of H-pyrrole nitrogens is 1. The molecule has 2 heterocycles. The van der Waals surface area contributed by atoms with Gasteiger partial charge in [0, 0.05) is 18.7 Å². The molecular weight excluding hydrogens is 522 g/mol. The van der Waals surface area contributed by atoms with E-state index in [0.29, 0.717) is 0 Å². The van der Waals surface area contributed by atoms with Crippen LogP contribution in [0.2, 0.25) is 0 Å². The van der Waals surface area contributed by atoms with Crippen LogP contribution in [0.4, 0.5) is 0 Å². The molecule has 22 heteroatoms. The first-order chi connectivity index (χ1) is 12.7. The van der Waals surface area contributed by atoms with Gasteiger partial charge in [0.05, 0.1) is 12.7 Å². The summed E-state index contributed by atoms with van der Waals surface area (Å²) in [5, 5.41) is 9.87. The van der Waals surface area contributed by atoms with Crippen LogP contribution in [0.25, 0.3) is 0 Å². The van der Waals surface area contributed by atoms with Gasteiger partial charge in [-0.3, -0.25) is 28.0 Å². The Labute approximate surface area is 240 Å². The molecule has 0 amide bonds. The second-order valence-corrected chi connectivity index (χ2v) is 9.56. The Kier molecular flexibility index (Phi) is 15.8. The second kappa shape index (κ2) is 13.9. The molecule has 31 heavy (non-hydrogen) atoms. The number of aromatic nitrogens is 2. The van der Waals surface area contributed by atoms with Crippen molar-refractivity contribution < 1.29 is 145 Å². The summed E-state index contributed by atoms with van der Waals surface area (Å²) in [5.41, 5.74) is -1.54. The smallest absolute Gasteiger partial charge is 0.756 e. The van der Waals surface area contributed by atoms with Crippen LogP contribution in [0, 0.1) is 0 Å². The molecule has 0 aromatic carbocycles. The first kappa shape index (κ1) is 35.2. The van der Waals surface area contributed by atoms with Gasteiger partial charge in [-0.25, -0.2) is 13.4 Å². The Bertz CT molecular complexity index is 980. The molecule has 0 aliphatic carbocycles. The zero-order chi connectivity index (χ0) is 21.3. The maximum absolute atomic E-state index is 11.7. The number of aromatic amines is 1. The molecule has 1 aromatic heterocycles. The summed E-state index contributed by atoms with van der Waals surface area (Å²) >= 11 is 0. The van der Waals surface area contributed by atoms with E-state index in [-0.39, 0.29) is 95.1 Å². The number of hydrogen-bond donors (Lipinski definition) is 3. The second-order valence-electron chi connectivity index (χ2n) is 5.27. The van der Waals surface area contributed by atoms with Crippen LogP contribution in [0.1, 0.15) is 12.6 Å².